The van der Waals surface area contributed by atoms with Gasteiger partial charge < -0.3 is 5.32 Å². The van der Waals surface area contributed by atoms with Gasteiger partial charge in [0.25, 0.3) is 0 Å². The molecular formula is C8H15N3O3S. The zero-order valence-electron chi connectivity index (χ0n) is 9.02. The number of carbonyl (C=O) groups excluding carboxylic acids is 1. The molecule has 0 bridgehead atoms. The Hall–Kier alpha value is -1.13. The van der Waals surface area contributed by atoms with Gasteiger partial charge in [-0.3, -0.25) is 4.79 Å². The summed E-state index contributed by atoms with van der Waals surface area (Å²) in [7, 11) is -0.439. The van der Waals surface area contributed by atoms with E-state index in [1.807, 2.05) is 0 Å². The van der Waals surface area contributed by atoms with Crippen molar-refractivity contribution in [3.05, 3.63) is 0 Å². The molecule has 0 aromatic heterocycles. The molecule has 0 aliphatic rings. The van der Waals surface area contributed by atoms with Gasteiger partial charge in [-0.15, -0.1) is 0 Å². The van der Waals surface area contributed by atoms with Crippen LogP contribution in [0.25, 0.3) is 0 Å². The summed E-state index contributed by atoms with van der Waals surface area (Å²) in [6, 6.07) is 1.76. The molecule has 0 aliphatic heterocycles. The van der Waals surface area contributed by atoms with Crippen LogP contribution >= 0.6 is 0 Å². The first-order chi connectivity index (χ1) is 6.81. The first kappa shape index (κ1) is 13.9. The highest BCUT2D eigenvalue weighted by molar-refractivity contribution is 7.89. The Morgan fingerprint density at radius 2 is 2.07 bits per heavy atom. The normalized spacial score (nSPS) is 13.3. The second kappa shape index (κ2) is 5.68. The lowest BCUT2D eigenvalue weighted by atomic mass is 10.2. The van der Waals surface area contributed by atoms with E-state index in [0.29, 0.717) is 0 Å². The largest absolute Gasteiger partial charge is 0.354 e. The fourth-order valence-corrected chi connectivity index (χ4v) is 1.42. The van der Waals surface area contributed by atoms with Crippen molar-refractivity contribution >= 4 is 15.9 Å². The molecule has 1 atom stereocenters. The van der Waals surface area contributed by atoms with Gasteiger partial charge in [-0.05, 0) is 6.92 Å². The summed E-state index contributed by atoms with van der Waals surface area (Å²) in [6.45, 7) is 1.47. The number of nitrogens with zero attached hydrogens (tertiary/aromatic N) is 2. The van der Waals surface area contributed by atoms with Crippen LogP contribution < -0.4 is 5.32 Å². The molecule has 1 N–H and O–H groups in total. The van der Waals surface area contributed by atoms with Gasteiger partial charge in [0.1, 0.15) is 5.92 Å². The van der Waals surface area contributed by atoms with Gasteiger partial charge in [-0.2, -0.15) is 5.26 Å². The first-order valence-electron chi connectivity index (χ1n) is 4.38. The molecular weight excluding hydrogens is 218 g/mol. The number of amides is 1. The van der Waals surface area contributed by atoms with E-state index in [2.05, 4.69) is 5.32 Å². The minimum absolute atomic E-state index is 0.0192. The highest BCUT2D eigenvalue weighted by Gasteiger charge is 2.15. The van der Waals surface area contributed by atoms with E-state index in [1.165, 1.54) is 21.0 Å². The van der Waals surface area contributed by atoms with Gasteiger partial charge in [0.15, 0.2) is 0 Å². The van der Waals surface area contributed by atoms with Crippen molar-refractivity contribution in [2.75, 3.05) is 26.4 Å². The standard InChI is InChI=1S/C8H15N3O3S/c1-7(6-9)8(12)10-4-5-15(13,14)11(2)3/h7H,4-5H2,1-3H3,(H,10,12). The van der Waals surface area contributed by atoms with Gasteiger partial charge in [0.2, 0.25) is 15.9 Å². The van der Waals surface area contributed by atoms with Crippen molar-refractivity contribution in [3.8, 4) is 6.07 Å². The van der Waals surface area contributed by atoms with Crippen molar-refractivity contribution < 1.29 is 13.2 Å². The molecule has 15 heavy (non-hydrogen) atoms. The number of hydrogen-bond acceptors (Lipinski definition) is 4. The number of nitriles is 1. The van der Waals surface area contributed by atoms with E-state index in [9.17, 15) is 13.2 Å². The topological polar surface area (TPSA) is 90.3 Å². The third kappa shape index (κ3) is 4.76. The van der Waals surface area contributed by atoms with E-state index < -0.39 is 21.8 Å². The minimum atomic E-state index is -3.29. The molecule has 0 spiro atoms. The molecule has 0 saturated carbocycles. The van der Waals surface area contributed by atoms with Crippen molar-refractivity contribution in [3.63, 3.8) is 0 Å². The van der Waals surface area contributed by atoms with E-state index in [1.54, 1.807) is 6.07 Å². The lowest BCUT2D eigenvalue weighted by Crippen LogP contribution is -2.35. The van der Waals surface area contributed by atoms with Crippen molar-refractivity contribution in [1.82, 2.24) is 9.62 Å². The number of sulfonamides is 1. The van der Waals surface area contributed by atoms with Gasteiger partial charge >= 0.3 is 0 Å². The van der Waals surface area contributed by atoms with Crippen LogP contribution in [0.5, 0.6) is 0 Å². The molecule has 86 valence electrons. The van der Waals surface area contributed by atoms with Gasteiger partial charge in [0.05, 0.1) is 11.8 Å². The molecule has 0 fully saturated rings. The Balaban J connectivity index is 4.03. The first-order valence-corrected chi connectivity index (χ1v) is 5.99. The summed E-state index contributed by atoms with van der Waals surface area (Å²) >= 11 is 0. The molecule has 0 saturated heterocycles. The Morgan fingerprint density at radius 1 is 1.53 bits per heavy atom. The Labute approximate surface area is 89.9 Å². The van der Waals surface area contributed by atoms with Crippen molar-refractivity contribution in [1.29, 1.82) is 5.26 Å². The summed E-state index contributed by atoms with van der Waals surface area (Å²) in [4.78, 5) is 11.1. The molecule has 0 heterocycles. The quantitative estimate of drug-likeness (QED) is 0.670. The van der Waals surface area contributed by atoms with E-state index in [-0.39, 0.29) is 12.3 Å². The second-order valence-electron chi connectivity index (χ2n) is 3.24. The van der Waals surface area contributed by atoms with Crippen molar-refractivity contribution in [2.45, 2.75) is 6.92 Å². The van der Waals surface area contributed by atoms with Crippen LogP contribution in [0, 0.1) is 17.2 Å². The SMILES string of the molecule is CC(C#N)C(=O)NCCS(=O)(=O)N(C)C. The summed E-state index contributed by atoms with van der Waals surface area (Å²) in [5, 5.41) is 10.8. The van der Waals surface area contributed by atoms with Crippen molar-refractivity contribution in [2.24, 2.45) is 5.92 Å². The third-order valence-corrected chi connectivity index (χ3v) is 3.64. The zero-order chi connectivity index (χ0) is 12.1. The Kier molecular flexibility index (Phi) is 5.25. The molecule has 6 nitrogen and oxygen atoms in total. The molecule has 0 aliphatic carbocycles. The zero-order valence-corrected chi connectivity index (χ0v) is 9.84. The number of hydrogen-bond donors (Lipinski definition) is 1. The fourth-order valence-electron chi connectivity index (χ4n) is 0.698. The van der Waals surface area contributed by atoms with Crippen LogP contribution in [-0.4, -0.2) is 45.0 Å². The van der Waals surface area contributed by atoms with Crippen LogP contribution in [0.3, 0.4) is 0 Å². The van der Waals surface area contributed by atoms with Crippen LogP contribution in [0.4, 0.5) is 0 Å². The van der Waals surface area contributed by atoms with E-state index in [0.717, 1.165) is 4.31 Å². The maximum Gasteiger partial charge on any atom is 0.237 e. The van der Waals surface area contributed by atoms with Gasteiger partial charge in [-0.25, -0.2) is 12.7 Å². The monoisotopic (exact) mass is 233 g/mol. The number of rotatable bonds is 5. The number of nitrogens with one attached hydrogen (secondary N) is 1. The lowest BCUT2D eigenvalue weighted by molar-refractivity contribution is -0.122. The number of carbonyl (C=O) groups is 1. The lowest BCUT2D eigenvalue weighted by Gasteiger charge is -2.11. The highest BCUT2D eigenvalue weighted by atomic mass is 32.2. The second-order valence-corrected chi connectivity index (χ2v) is 5.54. The smallest absolute Gasteiger partial charge is 0.237 e. The van der Waals surface area contributed by atoms with Gasteiger partial charge in [-0.1, -0.05) is 0 Å². The molecule has 1 unspecified atom stereocenters. The van der Waals surface area contributed by atoms with Crippen LogP contribution in [0.2, 0.25) is 0 Å². The van der Waals surface area contributed by atoms with E-state index in [4.69, 9.17) is 5.26 Å². The molecule has 7 heteroatoms. The summed E-state index contributed by atoms with van der Waals surface area (Å²) < 4.78 is 23.6. The van der Waals surface area contributed by atoms with E-state index >= 15 is 0 Å². The molecule has 0 rings (SSSR count). The average Bonchev–Trinajstić information content (AvgIpc) is 2.15. The summed E-state index contributed by atoms with van der Waals surface area (Å²) in [5.41, 5.74) is 0. The van der Waals surface area contributed by atoms with Crippen LogP contribution in [-0.2, 0) is 14.8 Å². The minimum Gasteiger partial charge on any atom is -0.354 e. The maximum absolute atomic E-state index is 11.3. The predicted octanol–water partition coefficient (Wildman–Crippen LogP) is -0.846. The molecule has 0 radical (unpaired) electrons. The molecule has 0 aromatic rings. The highest BCUT2D eigenvalue weighted by Crippen LogP contribution is 1.94. The predicted molar refractivity (Wildman–Crippen MR) is 55.3 cm³/mol. The van der Waals surface area contributed by atoms with Crippen LogP contribution in [0.1, 0.15) is 6.92 Å². The average molecular weight is 233 g/mol. The summed E-state index contributed by atoms with van der Waals surface area (Å²) in [5.74, 6) is -1.37. The third-order valence-electron chi connectivity index (χ3n) is 1.80. The Bertz CT molecular complexity index is 356. The fraction of sp³-hybridized carbons (Fsp3) is 0.750. The molecule has 0 aromatic carbocycles. The van der Waals surface area contributed by atoms with Gasteiger partial charge in [0, 0.05) is 20.6 Å². The summed E-state index contributed by atoms with van der Waals surface area (Å²) in [6.07, 6.45) is 0. The maximum atomic E-state index is 11.3. The van der Waals surface area contributed by atoms with Crippen LogP contribution in [0.15, 0.2) is 0 Å². The Morgan fingerprint density at radius 3 is 2.47 bits per heavy atom. The molecule has 1 amide bonds.